The van der Waals surface area contributed by atoms with E-state index in [1.54, 1.807) is 62.8 Å². The number of amidine groups is 1. The lowest BCUT2D eigenvalue weighted by atomic mass is 10.2. The van der Waals surface area contributed by atoms with Gasteiger partial charge in [0, 0.05) is 11.8 Å². The van der Waals surface area contributed by atoms with Crippen molar-refractivity contribution in [2.45, 2.75) is 0 Å². The third-order valence-corrected chi connectivity index (χ3v) is 5.94. The Balaban J connectivity index is 1.58. The van der Waals surface area contributed by atoms with Crippen molar-refractivity contribution in [2.75, 3.05) is 30.2 Å². The largest absolute Gasteiger partial charge is 0.497 e. The molecule has 0 aromatic heterocycles. The Labute approximate surface area is 206 Å². The number of halogens is 1. The van der Waals surface area contributed by atoms with E-state index >= 15 is 0 Å². The molecular formula is C26H22FN3O4S. The number of hydrogen-bond acceptors (Lipinski definition) is 6. The Morgan fingerprint density at radius 3 is 2.49 bits per heavy atom. The summed E-state index contributed by atoms with van der Waals surface area (Å²) in [4.78, 5) is 31.8. The summed E-state index contributed by atoms with van der Waals surface area (Å²) in [5.74, 6) is 0.122. The number of amides is 2. The molecule has 0 radical (unpaired) electrons. The number of thioether (sulfide) groups is 1. The molecule has 0 unspecified atom stereocenters. The van der Waals surface area contributed by atoms with Crippen LogP contribution in [0.25, 0.3) is 6.08 Å². The number of nitrogens with zero attached hydrogens (tertiary/aromatic N) is 2. The molecule has 0 saturated heterocycles. The highest BCUT2D eigenvalue weighted by Crippen LogP contribution is 2.31. The lowest BCUT2D eigenvalue weighted by Gasteiger charge is -2.18. The summed E-state index contributed by atoms with van der Waals surface area (Å²) in [7, 11) is 3.12. The fourth-order valence-corrected chi connectivity index (χ4v) is 4.13. The van der Waals surface area contributed by atoms with E-state index in [9.17, 15) is 14.0 Å². The molecule has 0 saturated carbocycles. The van der Waals surface area contributed by atoms with E-state index in [0.717, 1.165) is 17.3 Å². The van der Waals surface area contributed by atoms with E-state index in [-0.39, 0.29) is 23.3 Å². The maximum atomic E-state index is 13.4. The molecule has 4 rings (SSSR count). The Kier molecular flexibility index (Phi) is 7.47. The molecule has 1 aliphatic rings. The van der Waals surface area contributed by atoms with Gasteiger partial charge in [-0.15, -0.1) is 0 Å². The van der Waals surface area contributed by atoms with Crippen molar-refractivity contribution >= 4 is 46.2 Å². The lowest BCUT2D eigenvalue weighted by molar-refractivity contribution is -0.114. The van der Waals surface area contributed by atoms with Gasteiger partial charge >= 0.3 is 0 Å². The highest BCUT2D eigenvalue weighted by atomic mass is 32.2. The zero-order valence-electron chi connectivity index (χ0n) is 19.0. The summed E-state index contributed by atoms with van der Waals surface area (Å²) in [5, 5.41) is 2.99. The van der Waals surface area contributed by atoms with Crippen molar-refractivity contribution in [3.8, 4) is 11.5 Å². The van der Waals surface area contributed by atoms with Crippen LogP contribution in [0.2, 0.25) is 0 Å². The van der Waals surface area contributed by atoms with Gasteiger partial charge in [-0.2, -0.15) is 0 Å². The van der Waals surface area contributed by atoms with Gasteiger partial charge in [0.05, 0.1) is 25.7 Å². The number of methoxy groups -OCH3 is 2. The van der Waals surface area contributed by atoms with Crippen molar-refractivity contribution in [3.05, 3.63) is 89.9 Å². The van der Waals surface area contributed by atoms with Crippen LogP contribution in [0.1, 0.15) is 5.56 Å². The third-order valence-electron chi connectivity index (χ3n) is 5.00. The fraction of sp³-hybridized carbons (Fsp3) is 0.115. The minimum absolute atomic E-state index is 0.0289. The molecule has 178 valence electrons. The van der Waals surface area contributed by atoms with Crippen LogP contribution in [0, 0.1) is 5.82 Å². The topological polar surface area (TPSA) is 80.2 Å². The van der Waals surface area contributed by atoms with Gasteiger partial charge in [-0.3, -0.25) is 14.5 Å². The number of benzene rings is 3. The number of rotatable bonds is 7. The predicted octanol–water partition coefficient (Wildman–Crippen LogP) is 4.96. The predicted molar refractivity (Wildman–Crippen MR) is 136 cm³/mol. The van der Waals surface area contributed by atoms with Crippen LogP contribution in [0.5, 0.6) is 11.5 Å². The SMILES string of the molecule is COc1ccc(/C=C2\N=C(SCC(=O)Nc3cccc(F)c3)N(c3cccc(OC)c3)C2=O)cc1. The number of ether oxygens (including phenoxy) is 2. The molecule has 0 fully saturated rings. The van der Waals surface area contributed by atoms with Crippen LogP contribution in [0.3, 0.4) is 0 Å². The maximum Gasteiger partial charge on any atom is 0.283 e. The molecular weight excluding hydrogens is 469 g/mol. The number of anilines is 2. The quantitative estimate of drug-likeness (QED) is 0.473. The highest BCUT2D eigenvalue weighted by molar-refractivity contribution is 8.14. The van der Waals surface area contributed by atoms with Crippen LogP contribution < -0.4 is 19.7 Å². The molecule has 7 nitrogen and oxygen atoms in total. The standard InChI is InChI=1S/C26H22FN3O4S/c1-33-21-11-9-17(10-12-21)13-23-25(32)30(20-7-4-8-22(15-20)34-2)26(29-23)35-16-24(31)28-19-6-3-5-18(27)14-19/h3-15H,16H2,1-2H3,(H,28,31)/b23-13-. The Morgan fingerprint density at radius 1 is 1.03 bits per heavy atom. The molecule has 2 amide bonds. The average molecular weight is 492 g/mol. The first-order valence-corrected chi connectivity index (χ1v) is 11.6. The highest BCUT2D eigenvalue weighted by Gasteiger charge is 2.32. The van der Waals surface area contributed by atoms with Crippen molar-refractivity contribution in [2.24, 2.45) is 4.99 Å². The van der Waals surface area contributed by atoms with Gasteiger partial charge < -0.3 is 14.8 Å². The molecule has 35 heavy (non-hydrogen) atoms. The Bertz CT molecular complexity index is 1310. The molecule has 1 N–H and O–H groups in total. The molecule has 3 aromatic rings. The second-order valence-corrected chi connectivity index (χ2v) is 8.33. The summed E-state index contributed by atoms with van der Waals surface area (Å²) in [5.41, 5.74) is 1.92. The summed E-state index contributed by atoms with van der Waals surface area (Å²) in [6.07, 6.45) is 1.68. The Morgan fingerprint density at radius 2 is 1.77 bits per heavy atom. The molecule has 0 aliphatic carbocycles. The summed E-state index contributed by atoms with van der Waals surface area (Å²) >= 11 is 1.10. The van der Waals surface area contributed by atoms with E-state index in [1.807, 2.05) is 12.1 Å². The van der Waals surface area contributed by atoms with E-state index in [1.165, 1.54) is 23.1 Å². The van der Waals surface area contributed by atoms with Crippen LogP contribution in [0.4, 0.5) is 15.8 Å². The van der Waals surface area contributed by atoms with Gasteiger partial charge in [0.25, 0.3) is 5.91 Å². The molecule has 1 aliphatic heterocycles. The lowest BCUT2D eigenvalue weighted by Crippen LogP contribution is -2.31. The minimum atomic E-state index is -0.446. The van der Waals surface area contributed by atoms with E-state index < -0.39 is 5.82 Å². The number of nitrogens with one attached hydrogen (secondary N) is 1. The number of aliphatic imine (C=N–C) groups is 1. The molecule has 0 bridgehead atoms. The first-order chi connectivity index (χ1) is 17.0. The molecule has 1 heterocycles. The second kappa shape index (κ2) is 10.9. The molecule has 0 atom stereocenters. The summed E-state index contributed by atoms with van der Waals surface area (Å²) < 4.78 is 23.9. The zero-order chi connectivity index (χ0) is 24.8. The van der Waals surface area contributed by atoms with E-state index in [4.69, 9.17) is 9.47 Å². The van der Waals surface area contributed by atoms with Crippen molar-refractivity contribution in [1.29, 1.82) is 0 Å². The fourth-order valence-electron chi connectivity index (χ4n) is 3.32. The number of carbonyl (C=O) groups is 2. The first-order valence-electron chi connectivity index (χ1n) is 10.6. The number of carbonyl (C=O) groups excluding carboxylic acids is 2. The van der Waals surface area contributed by atoms with Crippen LogP contribution in [-0.2, 0) is 9.59 Å². The monoisotopic (exact) mass is 491 g/mol. The average Bonchev–Trinajstić information content (AvgIpc) is 3.18. The van der Waals surface area contributed by atoms with Crippen LogP contribution >= 0.6 is 11.8 Å². The maximum absolute atomic E-state index is 13.4. The van der Waals surface area contributed by atoms with Gasteiger partial charge in [0.15, 0.2) is 5.17 Å². The van der Waals surface area contributed by atoms with E-state index in [0.29, 0.717) is 28.0 Å². The second-order valence-electron chi connectivity index (χ2n) is 7.39. The van der Waals surface area contributed by atoms with Gasteiger partial charge in [0.2, 0.25) is 5.91 Å². The van der Waals surface area contributed by atoms with Crippen molar-refractivity contribution in [1.82, 2.24) is 0 Å². The molecule has 3 aromatic carbocycles. The summed E-state index contributed by atoms with van der Waals surface area (Å²) in [6.45, 7) is 0. The number of hydrogen-bond donors (Lipinski definition) is 1. The van der Waals surface area contributed by atoms with Gasteiger partial charge in [-0.1, -0.05) is 36.0 Å². The Hall–Kier alpha value is -4.11. The summed E-state index contributed by atoms with van der Waals surface area (Å²) in [6, 6.07) is 19.9. The zero-order valence-corrected chi connectivity index (χ0v) is 19.8. The van der Waals surface area contributed by atoms with Crippen LogP contribution in [-0.4, -0.2) is 37.0 Å². The minimum Gasteiger partial charge on any atom is -0.497 e. The van der Waals surface area contributed by atoms with E-state index in [2.05, 4.69) is 10.3 Å². The molecule has 0 spiro atoms. The van der Waals surface area contributed by atoms with Crippen molar-refractivity contribution in [3.63, 3.8) is 0 Å². The van der Waals surface area contributed by atoms with Crippen molar-refractivity contribution < 1.29 is 23.5 Å². The smallest absolute Gasteiger partial charge is 0.283 e. The normalized spacial score (nSPS) is 14.1. The van der Waals surface area contributed by atoms with Gasteiger partial charge in [-0.05, 0) is 54.1 Å². The molecule has 9 heteroatoms. The van der Waals surface area contributed by atoms with Gasteiger partial charge in [0.1, 0.15) is 23.0 Å². The third kappa shape index (κ3) is 5.88. The van der Waals surface area contributed by atoms with Gasteiger partial charge in [-0.25, -0.2) is 9.38 Å². The van der Waals surface area contributed by atoms with Crippen LogP contribution in [0.15, 0.2) is 83.5 Å². The first kappa shape index (κ1) is 24.0.